The molecule has 3 heteroatoms. The summed E-state index contributed by atoms with van der Waals surface area (Å²) >= 11 is 0. The van der Waals surface area contributed by atoms with Crippen molar-refractivity contribution >= 4 is 6.41 Å². The molecule has 1 saturated heterocycles. The van der Waals surface area contributed by atoms with Crippen molar-refractivity contribution in [3.8, 4) is 0 Å². The van der Waals surface area contributed by atoms with Crippen LogP contribution < -0.4 is 0 Å². The van der Waals surface area contributed by atoms with Crippen molar-refractivity contribution in [2.45, 2.75) is 39.2 Å². The summed E-state index contributed by atoms with van der Waals surface area (Å²) in [7, 11) is 0. The number of likely N-dealkylation sites (tertiary alicyclic amines) is 1. The van der Waals surface area contributed by atoms with Gasteiger partial charge in [0, 0.05) is 19.1 Å². The van der Waals surface area contributed by atoms with Crippen molar-refractivity contribution in [1.29, 1.82) is 0 Å². The first kappa shape index (κ1) is 11.5. The normalized spacial score (nSPS) is 22.8. The summed E-state index contributed by atoms with van der Waals surface area (Å²) in [4.78, 5) is 15.2. The summed E-state index contributed by atoms with van der Waals surface area (Å²) in [6.45, 7) is 8.52. The molecular formula is C11H22N2O. The fourth-order valence-corrected chi connectivity index (χ4v) is 2.14. The average molecular weight is 198 g/mol. The standard InChI is InChI=1S/C11H22N2O/c1-3-12(4-2)9-11-7-5-6-8-13(11)10-14/h10-11H,3-9H2,1-2H3. The van der Waals surface area contributed by atoms with Gasteiger partial charge in [-0.25, -0.2) is 0 Å². The molecule has 82 valence electrons. The number of piperidine rings is 1. The number of nitrogens with zero attached hydrogens (tertiary/aromatic N) is 2. The zero-order chi connectivity index (χ0) is 10.4. The van der Waals surface area contributed by atoms with E-state index >= 15 is 0 Å². The van der Waals surface area contributed by atoms with Gasteiger partial charge in [0.2, 0.25) is 6.41 Å². The van der Waals surface area contributed by atoms with Gasteiger partial charge in [0.15, 0.2) is 0 Å². The van der Waals surface area contributed by atoms with Crippen LogP contribution in [0.15, 0.2) is 0 Å². The lowest BCUT2D eigenvalue weighted by atomic mass is 10.0. The Hall–Kier alpha value is -0.570. The van der Waals surface area contributed by atoms with Crippen LogP contribution in [0.4, 0.5) is 0 Å². The number of carbonyl (C=O) groups is 1. The smallest absolute Gasteiger partial charge is 0.209 e. The first-order chi connectivity index (χ1) is 6.81. The minimum Gasteiger partial charge on any atom is -0.341 e. The second kappa shape index (κ2) is 6.02. The Morgan fingerprint density at radius 1 is 1.36 bits per heavy atom. The van der Waals surface area contributed by atoms with Crippen LogP contribution in [-0.2, 0) is 4.79 Å². The summed E-state index contributed by atoms with van der Waals surface area (Å²) < 4.78 is 0. The van der Waals surface area contributed by atoms with Crippen LogP contribution in [0.3, 0.4) is 0 Å². The van der Waals surface area contributed by atoms with E-state index in [0.29, 0.717) is 6.04 Å². The lowest BCUT2D eigenvalue weighted by molar-refractivity contribution is -0.121. The van der Waals surface area contributed by atoms with E-state index in [2.05, 4.69) is 18.7 Å². The van der Waals surface area contributed by atoms with E-state index in [0.717, 1.165) is 32.6 Å². The van der Waals surface area contributed by atoms with Crippen LogP contribution in [0.1, 0.15) is 33.1 Å². The number of likely N-dealkylation sites (N-methyl/N-ethyl adjacent to an activating group) is 1. The minimum atomic E-state index is 0.459. The molecule has 0 saturated carbocycles. The van der Waals surface area contributed by atoms with Gasteiger partial charge in [-0.1, -0.05) is 13.8 Å². The quantitative estimate of drug-likeness (QED) is 0.622. The number of carbonyl (C=O) groups excluding carboxylic acids is 1. The monoisotopic (exact) mass is 198 g/mol. The molecule has 1 heterocycles. The van der Waals surface area contributed by atoms with Gasteiger partial charge in [0.1, 0.15) is 0 Å². The molecule has 1 unspecified atom stereocenters. The first-order valence-corrected chi connectivity index (χ1v) is 5.75. The highest BCUT2D eigenvalue weighted by Gasteiger charge is 2.21. The van der Waals surface area contributed by atoms with Crippen molar-refractivity contribution in [2.75, 3.05) is 26.2 Å². The molecule has 1 atom stereocenters. The molecule has 1 aliphatic rings. The van der Waals surface area contributed by atoms with Crippen LogP contribution in [0.5, 0.6) is 0 Å². The molecular weight excluding hydrogens is 176 g/mol. The number of amides is 1. The third-order valence-electron chi connectivity index (χ3n) is 3.17. The molecule has 0 N–H and O–H groups in total. The molecule has 0 aromatic rings. The second-order valence-corrected chi connectivity index (χ2v) is 3.98. The summed E-state index contributed by atoms with van der Waals surface area (Å²) in [6.07, 6.45) is 4.65. The van der Waals surface area contributed by atoms with Gasteiger partial charge in [-0.2, -0.15) is 0 Å². The van der Waals surface area contributed by atoms with Gasteiger partial charge in [0.05, 0.1) is 0 Å². The highest BCUT2D eigenvalue weighted by Crippen LogP contribution is 2.16. The Bertz CT molecular complexity index is 169. The molecule has 3 nitrogen and oxygen atoms in total. The topological polar surface area (TPSA) is 23.6 Å². The number of hydrogen-bond donors (Lipinski definition) is 0. The Labute approximate surface area is 87.1 Å². The highest BCUT2D eigenvalue weighted by atomic mass is 16.1. The molecule has 14 heavy (non-hydrogen) atoms. The molecule has 1 fully saturated rings. The van der Waals surface area contributed by atoms with E-state index in [1.807, 2.05) is 4.90 Å². The number of rotatable bonds is 5. The zero-order valence-corrected chi connectivity index (χ0v) is 9.41. The molecule has 1 rings (SSSR count). The van der Waals surface area contributed by atoms with Crippen molar-refractivity contribution < 1.29 is 4.79 Å². The summed E-state index contributed by atoms with van der Waals surface area (Å²) in [5.74, 6) is 0. The SMILES string of the molecule is CCN(CC)CC1CCCCN1C=O. The summed E-state index contributed by atoms with van der Waals surface area (Å²) in [5, 5.41) is 0. The minimum absolute atomic E-state index is 0.459. The van der Waals surface area contributed by atoms with Gasteiger partial charge in [0.25, 0.3) is 0 Å². The van der Waals surface area contributed by atoms with E-state index < -0.39 is 0 Å². The Morgan fingerprint density at radius 3 is 2.64 bits per heavy atom. The maximum Gasteiger partial charge on any atom is 0.209 e. The third-order valence-corrected chi connectivity index (χ3v) is 3.17. The summed E-state index contributed by atoms with van der Waals surface area (Å²) in [6, 6.07) is 0.459. The first-order valence-electron chi connectivity index (χ1n) is 5.75. The van der Waals surface area contributed by atoms with Gasteiger partial charge in [-0.3, -0.25) is 4.79 Å². The molecule has 0 aliphatic carbocycles. The van der Waals surface area contributed by atoms with E-state index in [1.165, 1.54) is 19.3 Å². The zero-order valence-electron chi connectivity index (χ0n) is 9.41. The van der Waals surface area contributed by atoms with E-state index in [9.17, 15) is 4.79 Å². The van der Waals surface area contributed by atoms with Crippen LogP contribution in [0.2, 0.25) is 0 Å². The van der Waals surface area contributed by atoms with Crippen LogP contribution >= 0.6 is 0 Å². The summed E-state index contributed by atoms with van der Waals surface area (Å²) in [5.41, 5.74) is 0. The highest BCUT2D eigenvalue weighted by molar-refractivity contribution is 5.48. The molecule has 0 radical (unpaired) electrons. The van der Waals surface area contributed by atoms with Crippen LogP contribution in [0.25, 0.3) is 0 Å². The average Bonchev–Trinajstić information content (AvgIpc) is 2.26. The fourth-order valence-electron chi connectivity index (χ4n) is 2.14. The Balaban J connectivity index is 2.42. The second-order valence-electron chi connectivity index (χ2n) is 3.98. The van der Waals surface area contributed by atoms with Gasteiger partial charge < -0.3 is 9.80 Å². The lowest BCUT2D eigenvalue weighted by Gasteiger charge is -2.35. The van der Waals surface area contributed by atoms with E-state index in [4.69, 9.17) is 0 Å². The maximum atomic E-state index is 10.8. The van der Waals surface area contributed by atoms with E-state index in [-0.39, 0.29) is 0 Å². The van der Waals surface area contributed by atoms with Gasteiger partial charge >= 0.3 is 0 Å². The van der Waals surface area contributed by atoms with Crippen molar-refractivity contribution in [3.05, 3.63) is 0 Å². The van der Waals surface area contributed by atoms with Gasteiger partial charge in [-0.05, 0) is 32.4 Å². The molecule has 0 aromatic heterocycles. The molecule has 0 bridgehead atoms. The van der Waals surface area contributed by atoms with Crippen molar-refractivity contribution in [3.63, 3.8) is 0 Å². The Kier molecular flexibility index (Phi) is 4.94. The molecule has 1 aliphatic heterocycles. The van der Waals surface area contributed by atoms with Gasteiger partial charge in [-0.15, -0.1) is 0 Å². The largest absolute Gasteiger partial charge is 0.341 e. The van der Waals surface area contributed by atoms with Crippen LogP contribution in [-0.4, -0.2) is 48.4 Å². The third kappa shape index (κ3) is 2.98. The molecule has 0 aromatic carbocycles. The fraction of sp³-hybridized carbons (Fsp3) is 0.909. The van der Waals surface area contributed by atoms with E-state index in [1.54, 1.807) is 0 Å². The van der Waals surface area contributed by atoms with Crippen molar-refractivity contribution in [1.82, 2.24) is 9.80 Å². The number of hydrogen-bond acceptors (Lipinski definition) is 2. The predicted octanol–water partition coefficient (Wildman–Crippen LogP) is 1.34. The predicted molar refractivity (Wildman–Crippen MR) is 58.2 cm³/mol. The van der Waals surface area contributed by atoms with Crippen LogP contribution in [0, 0.1) is 0 Å². The maximum absolute atomic E-state index is 10.8. The molecule has 1 amide bonds. The lowest BCUT2D eigenvalue weighted by Crippen LogP contribution is -2.46. The van der Waals surface area contributed by atoms with Crippen molar-refractivity contribution in [2.24, 2.45) is 0 Å². The Morgan fingerprint density at radius 2 is 2.07 bits per heavy atom. The molecule has 0 spiro atoms.